The van der Waals surface area contributed by atoms with Crippen LogP contribution in [0.2, 0.25) is 0 Å². The molecule has 5 rings (SSSR count). The fraction of sp³-hybridized carbons (Fsp3) is 0.556. The molecule has 2 saturated heterocycles. The Morgan fingerprint density at radius 1 is 0.957 bits per heavy atom. The SMILES string of the molecule is CN[C@@H](C)C(=O)N[C@@H](CCCCNC(=O)OCc1ccccc1)C(=O)N1C[C@H]2CCCN2C[C@H]1C(=O)N[C@@H]1CCCc2ccccc21. The van der Waals surface area contributed by atoms with Gasteiger partial charge in [0.2, 0.25) is 17.7 Å². The van der Waals surface area contributed by atoms with Gasteiger partial charge in [-0.1, -0.05) is 54.6 Å². The first-order chi connectivity index (χ1) is 22.8. The molecule has 4 amide bonds. The van der Waals surface area contributed by atoms with Crippen molar-refractivity contribution < 1.29 is 23.9 Å². The lowest BCUT2D eigenvalue weighted by Crippen LogP contribution is -2.65. The van der Waals surface area contributed by atoms with E-state index in [-0.39, 0.29) is 36.4 Å². The number of piperazine rings is 1. The van der Waals surface area contributed by atoms with E-state index in [0.717, 1.165) is 49.8 Å². The predicted octanol–water partition coefficient (Wildman–Crippen LogP) is 3.04. The number of benzene rings is 2. The highest BCUT2D eigenvalue weighted by atomic mass is 16.5. The lowest BCUT2D eigenvalue weighted by Gasteiger charge is -2.44. The molecule has 2 aromatic carbocycles. The summed E-state index contributed by atoms with van der Waals surface area (Å²) in [5.41, 5.74) is 3.33. The van der Waals surface area contributed by atoms with Crippen LogP contribution in [0.25, 0.3) is 0 Å². The monoisotopic (exact) mass is 646 g/mol. The molecule has 2 fully saturated rings. The van der Waals surface area contributed by atoms with Gasteiger partial charge in [-0.3, -0.25) is 19.3 Å². The van der Waals surface area contributed by atoms with Gasteiger partial charge < -0.3 is 30.9 Å². The summed E-state index contributed by atoms with van der Waals surface area (Å²) in [5.74, 6) is -0.641. The van der Waals surface area contributed by atoms with Crippen LogP contribution in [0.3, 0.4) is 0 Å². The molecule has 254 valence electrons. The average molecular weight is 647 g/mol. The molecule has 4 N–H and O–H groups in total. The molecule has 5 atom stereocenters. The van der Waals surface area contributed by atoms with Crippen molar-refractivity contribution in [1.29, 1.82) is 0 Å². The number of hydrogen-bond donors (Lipinski definition) is 4. The third-order valence-electron chi connectivity index (χ3n) is 9.80. The third kappa shape index (κ3) is 9.10. The van der Waals surface area contributed by atoms with Crippen LogP contribution >= 0.6 is 0 Å². The van der Waals surface area contributed by atoms with Crippen LogP contribution in [-0.2, 0) is 32.1 Å². The Labute approximate surface area is 278 Å². The first kappa shape index (κ1) is 34.4. The van der Waals surface area contributed by atoms with E-state index in [1.54, 1.807) is 18.9 Å². The highest BCUT2D eigenvalue weighted by Crippen LogP contribution is 2.31. The predicted molar refractivity (Wildman–Crippen MR) is 179 cm³/mol. The van der Waals surface area contributed by atoms with Crippen molar-refractivity contribution in [2.75, 3.05) is 33.2 Å². The molecule has 47 heavy (non-hydrogen) atoms. The fourth-order valence-electron chi connectivity index (χ4n) is 6.98. The van der Waals surface area contributed by atoms with E-state index >= 15 is 0 Å². The number of nitrogens with zero attached hydrogens (tertiary/aromatic N) is 2. The van der Waals surface area contributed by atoms with Gasteiger partial charge in [0, 0.05) is 25.7 Å². The molecule has 0 bridgehead atoms. The number of carbonyl (C=O) groups excluding carboxylic acids is 4. The molecular weight excluding hydrogens is 596 g/mol. The van der Waals surface area contributed by atoms with Gasteiger partial charge in [-0.15, -0.1) is 0 Å². The summed E-state index contributed by atoms with van der Waals surface area (Å²) in [6.07, 6.45) is 5.96. The van der Waals surface area contributed by atoms with E-state index in [2.05, 4.69) is 38.3 Å². The number of ether oxygens (including phenoxy) is 1. The zero-order valence-electron chi connectivity index (χ0n) is 27.7. The summed E-state index contributed by atoms with van der Waals surface area (Å²) in [4.78, 5) is 57.6. The van der Waals surface area contributed by atoms with Crippen LogP contribution in [-0.4, -0.2) is 91.0 Å². The fourth-order valence-corrected chi connectivity index (χ4v) is 6.98. The van der Waals surface area contributed by atoms with E-state index in [9.17, 15) is 19.2 Å². The van der Waals surface area contributed by atoms with Gasteiger partial charge in [0.25, 0.3) is 0 Å². The maximum atomic E-state index is 14.3. The summed E-state index contributed by atoms with van der Waals surface area (Å²) in [6.45, 7) is 4.18. The first-order valence-electron chi connectivity index (χ1n) is 17.2. The van der Waals surface area contributed by atoms with Crippen molar-refractivity contribution in [3.05, 3.63) is 71.3 Å². The van der Waals surface area contributed by atoms with E-state index in [0.29, 0.717) is 38.9 Å². The molecule has 0 spiro atoms. The number of aryl methyl sites for hydroxylation is 1. The Bertz CT molecular complexity index is 1370. The summed E-state index contributed by atoms with van der Waals surface area (Å²) in [7, 11) is 1.70. The Hall–Kier alpha value is -3.96. The number of fused-ring (bicyclic) bond motifs is 2. The normalized spacial score (nSPS) is 21.9. The van der Waals surface area contributed by atoms with E-state index in [1.807, 2.05) is 42.5 Å². The third-order valence-corrected chi connectivity index (χ3v) is 9.80. The van der Waals surface area contributed by atoms with Crippen LogP contribution in [0.4, 0.5) is 4.79 Å². The van der Waals surface area contributed by atoms with Crippen LogP contribution in [0.5, 0.6) is 0 Å². The maximum absolute atomic E-state index is 14.3. The second-order valence-corrected chi connectivity index (χ2v) is 13.0. The van der Waals surface area contributed by atoms with Crippen molar-refractivity contribution in [2.45, 2.75) is 95.1 Å². The van der Waals surface area contributed by atoms with Gasteiger partial charge >= 0.3 is 6.09 Å². The number of alkyl carbamates (subject to hydrolysis) is 1. The van der Waals surface area contributed by atoms with Gasteiger partial charge in [-0.05, 0) is 88.6 Å². The number of likely N-dealkylation sites (N-methyl/N-ethyl adjacent to an activating group) is 1. The van der Waals surface area contributed by atoms with Gasteiger partial charge in [-0.25, -0.2) is 4.79 Å². The quantitative estimate of drug-likeness (QED) is 0.246. The van der Waals surface area contributed by atoms with Crippen molar-refractivity contribution in [3.8, 4) is 0 Å². The number of rotatable bonds is 13. The summed E-state index contributed by atoms with van der Waals surface area (Å²) in [6, 6.07) is 15.9. The van der Waals surface area contributed by atoms with E-state index in [4.69, 9.17) is 4.74 Å². The number of amides is 4. The van der Waals surface area contributed by atoms with Gasteiger partial charge in [0.05, 0.1) is 12.1 Å². The molecule has 2 aromatic rings. The maximum Gasteiger partial charge on any atom is 0.407 e. The zero-order chi connectivity index (χ0) is 33.2. The van der Waals surface area contributed by atoms with Gasteiger partial charge in [0.1, 0.15) is 18.7 Å². The lowest BCUT2D eigenvalue weighted by atomic mass is 9.87. The Morgan fingerprint density at radius 2 is 1.74 bits per heavy atom. The van der Waals surface area contributed by atoms with Crippen molar-refractivity contribution in [2.24, 2.45) is 0 Å². The summed E-state index contributed by atoms with van der Waals surface area (Å²) in [5, 5.41) is 12.0. The highest BCUT2D eigenvalue weighted by molar-refractivity contribution is 5.93. The highest BCUT2D eigenvalue weighted by Gasteiger charge is 2.44. The summed E-state index contributed by atoms with van der Waals surface area (Å²) >= 11 is 0. The van der Waals surface area contributed by atoms with Crippen molar-refractivity contribution >= 4 is 23.8 Å². The molecule has 0 aromatic heterocycles. The molecule has 3 aliphatic rings. The van der Waals surface area contributed by atoms with Gasteiger partial charge in [0.15, 0.2) is 0 Å². The molecule has 2 heterocycles. The molecular formula is C36H50N6O5. The van der Waals surface area contributed by atoms with Gasteiger partial charge in [-0.2, -0.15) is 0 Å². The van der Waals surface area contributed by atoms with Crippen LogP contribution < -0.4 is 21.3 Å². The minimum Gasteiger partial charge on any atom is -0.445 e. The average Bonchev–Trinajstić information content (AvgIpc) is 3.57. The number of nitrogens with one attached hydrogen (secondary N) is 4. The summed E-state index contributed by atoms with van der Waals surface area (Å²) < 4.78 is 5.29. The molecule has 1 aliphatic carbocycles. The standard InChI is InChI=1S/C36H50N6O5/c1-25(37-2)33(43)40-31(18-8-9-20-38-36(46)47-24-26-12-4-3-5-13-26)35(45)42-22-28-16-11-21-41(28)23-32(42)34(44)39-30-19-10-15-27-14-6-7-17-29(27)30/h3-7,12-14,17,25,28,30-32,37H,8-11,15-16,18-24H2,1-2H3,(H,38,46)(H,39,44)(H,40,43)/t25-,28+,30+,31-,32-/m0/s1. The van der Waals surface area contributed by atoms with E-state index < -0.39 is 24.2 Å². The van der Waals surface area contributed by atoms with Crippen molar-refractivity contribution in [1.82, 2.24) is 31.1 Å². The minimum atomic E-state index is -0.790. The molecule has 11 nitrogen and oxygen atoms in total. The second kappa shape index (κ2) is 16.7. The molecule has 11 heteroatoms. The number of hydrogen-bond acceptors (Lipinski definition) is 7. The molecule has 2 aliphatic heterocycles. The molecule has 0 unspecified atom stereocenters. The largest absolute Gasteiger partial charge is 0.445 e. The van der Waals surface area contributed by atoms with E-state index in [1.165, 1.54) is 5.56 Å². The molecule has 0 saturated carbocycles. The Morgan fingerprint density at radius 3 is 2.55 bits per heavy atom. The second-order valence-electron chi connectivity index (χ2n) is 13.0. The van der Waals surface area contributed by atoms with Crippen molar-refractivity contribution in [3.63, 3.8) is 0 Å². The zero-order valence-corrected chi connectivity index (χ0v) is 27.7. The topological polar surface area (TPSA) is 132 Å². The number of unbranched alkanes of at least 4 members (excludes halogenated alkanes) is 1. The van der Waals surface area contributed by atoms with Crippen LogP contribution in [0.1, 0.15) is 74.6 Å². The lowest BCUT2D eigenvalue weighted by molar-refractivity contribution is -0.148. The first-order valence-corrected chi connectivity index (χ1v) is 17.2. The van der Waals surface area contributed by atoms with Crippen LogP contribution in [0.15, 0.2) is 54.6 Å². The minimum absolute atomic E-state index is 0.0837. The number of carbonyl (C=O) groups is 4. The smallest absolute Gasteiger partial charge is 0.407 e. The van der Waals surface area contributed by atoms with Crippen LogP contribution in [0, 0.1) is 0 Å². The molecule has 0 radical (unpaired) electrons. The Balaban J connectivity index is 1.22. The Kier molecular flexibility index (Phi) is 12.2.